The van der Waals surface area contributed by atoms with E-state index in [-0.39, 0.29) is 12.1 Å². The predicted octanol–water partition coefficient (Wildman–Crippen LogP) is 2.02. The third-order valence-electron chi connectivity index (χ3n) is 4.61. The van der Waals surface area contributed by atoms with Crippen molar-refractivity contribution in [2.75, 3.05) is 31.1 Å². The molecule has 1 aromatic carbocycles. The van der Waals surface area contributed by atoms with Crippen LogP contribution in [0.1, 0.15) is 25.7 Å². The fraction of sp³-hybridized carbons (Fsp3) is 0.625. The van der Waals surface area contributed by atoms with E-state index < -0.39 is 0 Å². The molecule has 3 nitrogen and oxygen atoms in total. The number of rotatable bonds is 5. The Morgan fingerprint density at radius 2 is 1.84 bits per heavy atom. The van der Waals surface area contributed by atoms with E-state index in [0.717, 1.165) is 38.4 Å². The lowest BCUT2D eigenvalue weighted by atomic mass is 9.87. The lowest BCUT2D eigenvalue weighted by molar-refractivity contribution is 0.133. The van der Waals surface area contributed by atoms with Crippen LogP contribution in [-0.4, -0.2) is 36.9 Å². The number of nitrogens with zero attached hydrogens (tertiary/aromatic N) is 1. The van der Waals surface area contributed by atoms with Gasteiger partial charge in [-0.3, -0.25) is 0 Å². The van der Waals surface area contributed by atoms with Gasteiger partial charge >= 0.3 is 0 Å². The highest BCUT2D eigenvalue weighted by atomic mass is 16.3. The Hall–Kier alpha value is -1.06. The van der Waals surface area contributed by atoms with Gasteiger partial charge in [-0.2, -0.15) is 0 Å². The summed E-state index contributed by atoms with van der Waals surface area (Å²) in [4.78, 5) is 2.42. The van der Waals surface area contributed by atoms with Crippen molar-refractivity contribution in [2.45, 2.75) is 31.2 Å². The van der Waals surface area contributed by atoms with E-state index in [4.69, 9.17) is 0 Å². The highest BCUT2D eigenvalue weighted by Gasteiger charge is 2.35. The summed E-state index contributed by atoms with van der Waals surface area (Å²) < 4.78 is 0. The Balaban J connectivity index is 1.57. The zero-order valence-corrected chi connectivity index (χ0v) is 11.5. The Morgan fingerprint density at radius 1 is 1.16 bits per heavy atom. The number of benzene rings is 1. The van der Waals surface area contributed by atoms with E-state index >= 15 is 0 Å². The summed E-state index contributed by atoms with van der Waals surface area (Å²) in [6.45, 7) is 3.42. The van der Waals surface area contributed by atoms with Gasteiger partial charge in [0, 0.05) is 24.3 Å². The van der Waals surface area contributed by atoms with Gasteiger partial charge in [-0.05, 0) is 50.3 Å². The fourth-order valence-corrected chi connectivity index (χ4v) is 2.91. The first kappa shape index (κ1) is 12.9. The maximum Gasteiger partial charge on any atom is 0.0614 e. The molecule has 1 aromatic rings. The Labute approximate surface area is 115 Å². The van der Waals surface area contributed by atoms with E-state index in [2.05, 4.69) is 40.5 Å². The minimum atomic E-state index is -0.0339. The maximum absolute atomic E-state index is 9.75. The summed E-state index contributed by atoms with van der Waals surface area (Å²) in [5, 5.41) is 13.4. The van der Waals surface area contributed by atoms with E-state index in [1.807, 2.05) is 0 Å². The first-order chi connectivity index (χ1) is 9.31. The average Bonchev–Trinajstić information content (AvgIpc) is 3.31. The quantitative estimate of drug-likeness (QED) is 0.850. The molecule has 0 atom stereocenters. The van der Waals surface area contributed by atoms with Crippen LogP contribution in [0, 0.1) is 5.92 Å². The molecule has 1 aliphatic heterocycles. The monoisotopic (exact) mass is 260 g/mol. The second-order valence-corrected chi connectivity index (χ2v) is 6.09. The van der Waals surface area contributed by atoms with Gasteiger partial charge < -0.3 is 15.3 Å². The Kier molecular flexibility index (Phi) is 3.76. The number of anilines is 1. The van der Waals surface area contributed by atoms with Gasteiger partial charge in [0.25, 0.3) is 0 Å². The Morgan fingerprint density at radius 3 is 2.42 bits per heavy atom. The van der Waals surface area contributed by atoms with Gasteiger partial charge in [0.15, 0.2) is 0 Å². The van der Waals surface area contributed by atoms with E-state index in [9.17, 15) is 5.11 Å². The van der Waals surface area contributed by atoms with Crippen LogP contribution in [-0.2, 0) is 0 Å². The number of nitrogens with one attached hydrogen (secondary N) is 1. The van der Waals surface area contributed by atoms with Crippen LogP contribution in [0.15, 0.2) is 30.3 Å². The van der Waals surface area contributed by atoms with Gasteiger partial charge in [-0.15, -0.1) is 0 Å². The number of hydrogen-bond donors (Lipinski definition) is 2. The second-order valence-electron chi connectivity index (χ2n) is 6.09. The molecule has 0 amide bonds. The van der Waals surface area contributed by atoms with Crippen LogP contribution in [0.25, 0.3) is 0 Å². The lowest BCUT2D eigenvalue weighted by Gasteiger charge is -2.42. The minimum Gasteiger partial charge on any atom is -0.394 e. The number of hydrogen-bond acceptors (Lipinski definition) is 3. The maximum atomic E-state index is 9.75. The molecule has 0 spiro atoms. The number of aliphatic hydroxyl groups is 1. The molecule has 3 rings (SSSR count). The number of aliphatic hydroxyl groups excluding tert-OH is 1. The highest BCUT2D eigenvalue weighted by molar-refractivity contribution is 5.46. The SMILES string of the molecule is OCC1(NCC2CC2)CCN(c2ccccc2)CC1. The van der Waals surface area contributed by atoms with Gasteiger partial charge in [0.1, 0.15) is 0 Å². The van der Waals surface area contributed by atoms with E-state index in [1.165, 1.54) is 18.5 Å². The van der Waals surface area contributed by atoms with Crippen LogP contribution in [0.2, 0.25) is 0 Å². The summed E-state index contributed by atoms with van der Waals surface area (Å²) in [5.74, 6) is 0.871. The standard InChI is InChI=1S/C16H24N2O/c19-13-16(17-12-14-6-7-14)8-10-18(11-9-16)15-4-2-1-3-5-15/h1-5,14,17,19H,6-13H2. The first-order valence-corrected chi connectivity index (χ1v) is 7.47. The topological polar surface area (TPSA) is 35.5 Å². The highest BCUT2D eigenvalue weighted by Crippen LogP contribution is 2.31. The summed E-state index contributed by atoms with van der Waals surface area (Å²) in [5.41, 5.74) is 1.27. The normalized spacial score (nSPS) is 22.5. The van der Waals surface area contributed by atoms with Gasteiger partial charge in [-0.25, -0.2) is 0 Å². The van der Waals surface area contributed by atoms with Crippen LogP contribution in [0.5, 0.6) is 0 Å². The van der Waals surface area contributed by atoms with Crippen molar-refractivity contribution in [1.82, 2.24) is 5.32 Å². The summed E-state index contributed by atoms with van der Waals surface area (Å²) in [6, 6.07) is 10.6. The average molecular weight is 260 g/mol. The Bertz CT molecular complexity index is 394. The van der Waals surface area contributed by atoms with Crippen molar-refractivity contribution >= 4 is 5.69 Å². The third kappa shape index (κ3) is 3.10. The van der Waals surface area contributed by atoms with Crippen molar-refractivity contribution in [3.05, 3.63) is 30.3 Å². The zero-order chi connectivity index (χ0) is 13.1. The van der Waals surface area contributed by atoms with Crippen LogP contribution >= 0.6 is 0 Å². The smallest absolute Gasteiger partial charge is 0.0614 e. The predicted molar refractivity (Wildman–Crippen MR) is 78.4 cm³/mol. The summed E-state index contributed by atoms with van der Waals surface area (Å²) >= 11 is 0. The van der Waals surface area contributed by atoms with E-state index in [0.29, 0.717) is 0 Å². The molecule has 1 heterocycles. The molecule has 3 heteroatoms. The molecule has 2 aliphatic rings. The van der Waals surface area contributed by atoms with Crippen LogP contribution in [0.3, 0.4) is 0 Å². The zero-order valence-electron chi connectivity index (χ0n) is 11.5. The lowest BCUT2D eigenvalue weighted by Crippen LogP contribution is -2.56. The molecular weight excluding hydrogens is 236 g/mol. The summed E-state index contributed by atoms with van der Waals surface area (Å²) in [6.07, 6.45) is 4.80. The molecule has 0 aromatic heterocycles. The molecule has 1 aliphatic carbocycles. The fourth-order valence-electron chi connectivity index (χ4n) is 2.91. The molecule has 2 fully saturated rings. The molecule has 19 heavy (non-hydrogen) atoms. The van der Waals surface area contributed by atoms with Crippen LogP contribution in [0.4, 0.5) is 5.69 Å². The number of para-hydroxylation sites is 1. The second kappa shape index (κ2) is 5.51. The van der Waals surface area contributed by atoms with Crippen molar-refractivity contribution in [1.29, 1.82) is 0 Å². The first-order valence-electron chi connectivity index (χ1n) is 7.47. The van der Waals surface area contributed by atoms with Gasteiger partial charge in [-0.1, -0.05) is 18.2 Å². The van der Waals surface area contributed by atoms with Gasteiger partial charge in [0.05, 0.1) is 6.61 Å². The van der Waals surface area contributed by atoms with Crippen LogP contribution < -0.4 is 10.2 Å². The molecular formula is C16H24N2O. The number of piperidine rings is 1. The van der Waals surface area contributed by atoms with Crippen molar-refractivity contribution in [3.63, 3.8) is 0 Å². The van der Waals surface area contributed by atoms with Crippen molar-refractivity contribution in [2.24, 2.45) is 5.92 Å². The van der Waals surface area contributed by atoms with E-state index in [1.54, 1.807) is 0 Å². The third-order valence-corrected chi connectivity index (χ3v) is 4.61. The summed E-state index contributed by atoms with van der Waals surface area (Å²) in [7, 11) is 0. The van der Waals surface area contributed by atoms with Crippen molar-refractivity contribution in [3.8, 4) is 0 Å². The largest absolute Gasteiger partial charge is 0.394 e. The molecule has 1 saturated carbocycles. The minimum absolute atomic E-state index is 0.0339. The molecule has 0 unspecified atom stereocenters. The molecule has 104 valence electrons. The molecule has 0 radical (unpaired) electrons. The van der Waals surface area contributed by atoms with Gasteiger partial charge in [0.2, 0.25) is 0 Å². The molecule has 0 bridgehead atoms. The molecule has 2 N–H and O–H groups in total. The van der Waals surface area contributed by atoms with Crippen molar-refractivity contribution < 1.29 is 5.11 Å². The molecule has 1 saturated heterocycles.